The molecule has 6 nitrogen and oxygen atoms in total. The number of amides is 2. The Labute approximate surface area is 140 Å². The van der Waals surface area contributed by atoms with E-state index >= 15 is 0 Å². The zero-order valence-electron chi connectivity index (χ0n) is 13.9. The molecule has 1 heterocycles. The number of hydrogen-bond donors (Lipinski definition) is 1. The summed E-state index contributed by atoms with van der Waals surface area (Å²) in [7, 11) is 0. The van der Waals surface area contributed by atoms with E-state index in [1.54, 1.807) is 17.9 Å². The van der Waals surface area contributed by atoms with E-state index in [0.29, 0.717) is 31.1 Å². The first kappa shape index (κ1) is 16.2. The standard InChI is InChI=1S/C18H21N3O3/c1-3-21(11-13-7-5-4-6-8-13)18(23)15-10-14(15)17(22)19-16-9-12(2)24-20-16/h4-9,14-15H,3,10-11H2,1-2H3,(H,19,20,22). The maximum absolute atomic E-state index is 12.6. The zero-order valence-corrected chi connectivity index (χ0v) is 13.9. The Bertz CT molecular complexity index is 726. The molecule has 126 valence electrons. The Morgan fingerprint density at radius 3 is 2.67 bits per heavy atom. The summed E-state index contributed by atoms with van der Waals surface area (Å²) in [6.45, 7) is 4.91. The second-order valence-corrected chi connectivity index (χ2v) is 6.10. The van der Waals surface area contributed by atoms with Crippen molar-refractivity contribution in [2.24, 2.45) is 11.8 Å². The molecule has 0 radical (unpaired) electrons. The summed E-state index contributed by atoms with van der Waals surface area (Å²) in [6, 6.07) is 11.5. The molecule has 2 amide bonds. The van der Waals surface area contributed by atoms with Gasteiger partial charge in [0, 0.05) is 19.2 Å². The van der Waals surface area contributed by atoms with Crippen molar-refractivity contribution in [3.8, 4) is 0 Å². The van der Waals surface area contributed by atoms with E-state index < -0.39 is 0 Å². The molecule has 1 aliphatic rings. The van der Waals surface area contributed by atoms with Crippen LogP contribution in [0.25, 0.3) is 0 Å². The molecule has 0 saturated heterocycles. The molecule has 1 saturated carbocycles. The van der Waals surface area contributed by atoms with Crippen LogP contribution in [0.1, 0.15) is 24.7 Å². The summed E-state index contributed by atoms with van der Waals surface area (Å²) in [4.78, 5) is 26.6. The van der Waals surface area contributed by atoms with Gasteiger partial charge >= 0.3 is 0 Å². The minimum atomic E-state index is -0.278. The van der Waals surface area contributed by atoms with Crippen molar-refractivity contribution in [3.63, 3.8) is 0 Å². The highest BCUT2D eigenvalue weighted by Gasteiger charge is 2.49. The Hall–Kier alpha value is -2.63. The molecule has 0 bridgehead atoms. The summed E-state index contributed by atoms with van der Waals surface area (Å²) in [6.07, 6.45) is 0.590. The molecule has 0 aliphatic heterocycles. The van der Waals surface area contributed by atoms with Gasteiger partial charge in [0.1, 0.15) is 5.76 Å². The molecule has 0 spiro atoms. The van der Waals surface area contributed by atoms with Crippen LogP contribution in [0, 0.1) is 18.8 Å². The van der Waals surface area contributed by atoms with Gasteiger partial charge < -0.3 is 14.7 Å². The average molecular weight is 327 g/mol. The fourth-order valence-electron chi connectivity index (χ4n) is 2.79. The van der Waals surface area contributed by atoms with Crippen LogP contribution in [0.5, 0.6) is 0 Å². The van der Waals surface area contributed by atoms with Crippen LogP contribution in [-0.4, -0.2) is 28.4 Å². The number of nitrogens with one attached hydrogen (secondary N) is 1. The van der Waals surface area contributed by atoms with Gasteiger partial charge in [-0.05, 0) is 25.8 Å². The fourth-order valence-corrected chi connectivity index (χ4v) is 2.79. The smallest absolute Gasteiger partial charge is 0.229 e. The number of carbonyl (C=O) groups is 2. The van der Waals surface area contributed by atoms with Gasteiger partial charge in [-0.3, -0.25) is 9.59 Å². The number of rotatable bonds is 6. The molecule has 1 aliphatic carbocycles. The third-order valence-electron chi connectivity index (χ3n) is 4.23. The molecule has 2 atom stereocenters. The number of hydrogen-bond acceptors (Lipinski definition) is 4. The van der Waals surface area contributed by atoms with Crippen LogP contribution in [0.15, 0.2) is 40.9 Å². The van der Waals surface area contributed by atoms with Gasteiger partial charge in [-0.15, -0.1) is 0 Å². The minimum Gasteiger partial charge on any atom is -0.360 e. The lowest BCUT2D eigenvalue weighted by atomic mass is 10.2. The second kappa shape index (κ2) is 6.86. The lowest BCUT2D eigenvalue weighted by molar-refractivity contribution is -0.134. The van der Waals surface area contributed by atoms with Crippen molar-refractivity contribution in [2.75, 3.05) is 11.9 Å². The van der Waals surface area contributed by atoms with Gasteiger partial charge in [0.25, 0.3) is 0 Å². The summed E-state index contributed by atoms with van der Waals surface area (Å²) < 4.78 is 4.92. The van der Waals surface area contributed by atoms with E-state index in [2.05, 4.69) is 10.5 Å². The molecule has 6 heteroatoms. The minimum absolute atomic E-state index is 0.0397. The van der Waals surface area contributed by atoms with Gasteiger partial charge in [-0.25, -0.2) is 0 Å². The summed E-state index contributed by atoms with van der Waals surface area (Å²) in [5.41, 5.74) is 1.09. The fraction of sp³-hybridized carbons (Fsp3) is 0.389. The first-order valence-corrected chi connectivity index (χ1v) is 8.15. The molecule has 1 aromatic carbocycles. The number of carbonyl (C=O) groups excluding carboxylic acids is 2. The third-order valence-corrected chi connectivity index (χ3v) is 4.23. The van der Waals surface area contributed by atoms with Crippen LogP contribution in [0.4, 0.5) is 5.82 Å². The van der Waals surface area contributed by atoms with Crippen LogP contribution >= 0.6 is 0 Å². The van der Waals surface area contributed by atoms with Crippen molar-refractivity contribution >= 4 is 17.6 Å². The molecule has 2 aromatic rings. The number of anilines is 1. The van der Waals surface area contributed by atoms with Gasteiger partial charge in [0.2, 0.25) is 11.8 Å². The third kappa shape index (κ3) is 3.64. The second-order valence-electron chi connectivity index (χ2n) is 6.10. The molecular weight excluding hydrogens is 306 g/mol. The highest BCUT2D eigenvalue weighted by molar-refractivity contribution is 5.99. The van der Waals surface area contributed by atoms with Crippen LogP contribution in [-0.2, 0) is 16.1 Å². The van der Waals surface area contributed by atoms with Crippen molar-refractivity contribution in [3.05, 3.63) is 47.7 Å². The molecule has 1 N–H and O–H groups in total. The van der Waals surface area contributed by atoms with Gasteiger partial charge in [0.05, 0.1) is 11.8 Å². The molecule has 1 fully saturated rings. The van der Waals surface area contributed by atoms with E-state index in [9.17, 15) is 9.59 Å². The SMILES string of the molecule is CCN(Cc1ccccc1)C(=O)C1CC1C(=O)Nc1cc(C)on1. The number of nitrogens with zero attached hydrogens (tertiary/aromatic N) is 2. The summed E-state index contributed by atoms with van der Waals surface area (Å²) in [5.74, 6) is 0.386. The Morgan fingerprint density at radius 1 is 1.29 bits per heavy atom. The molecule has 3 rings (SSSR count). The van der Waals surface area contributed by atoms with Crippen LogP contribution in [0.3, 0.4) is 0 Å². The van der Waals surface area contributed by atoms with Gasteiger partial charge in [-0.2, -0.15) is 0 Å². The number of aryl methyl sites for hydroxylation is 1. The van der Waals surface area contributed by atoms with Gasteiger partial charge in [-0.1, -0.05) is 35.5 Å². The molecule has 1 aromatic heterocycles. The average Bonchev–Trinajstić information content (AvgIpc) is 3.30. The van der Waals surface area contributed by atoms with Crippen LogP contribution < -0.4 is 5.32 Å². The van der Waals surface area contributed by atoms with E-state index in [4.69, 9.17) is 4.52 Å². The number of benzene rings is 1. The first-order valence-electron chi connectivity index (χ1n) is 8.15. The molecule has 2 unspecified atom stereocenters. The predicted octanol–water partition coefficient (Wildman–Crippen LogP) is 2.61. The van der Waals surface area contributed by atoms with E-state index in [1.165, 1.54) is 0 Å². The van der Waals surface area contributed by atoms with Crippen LogP contribution in [0.2, 0.25) is 0 Å². The van der Waals surface area contributed by atoms with Crippen molar-refractivity contribution < 1.29 is 14.1 Å². The topological polar surface area (TPSA) is 75.4 Å². The highest BCUT2D eigenvalue weighted by atomic mass is 16.5. The normalized spacial score (nSPS) is 18.9. The van der Waals surface area contributed by atoms with Gasteiger partial charge in [0.15, 0.2) is 5.82 Å². The quantitative estimate of drug-likeness (QED) is 0.885. The predicted molar refractivity (Wildman–Crippen MR) is 89.0 cm³/mol. The van der Waals surface area contributed by atoms with Crippen molar-refractivity contribution in [2.45, 2.75) is 26.8 Å². The lowest BCUT2D eigenvalue weighted by Gasteiger charge is -2.21. The highest BCUT2D eigenvalue weighted by Crippen LogP contribution is 2.41. The van der Waals surface area contributed by atoms with E-state index in [-0.39, 0.29) is 23.7 Å². The van der Waals surface area contributed by atoms with Crippen molar-refractivity contribution in [1.82, 2.24) is 10.1 Å². The lowest BCUT2D eigenvalue weighted by Crippen LogP contribution is -2.33. The zero-order chi connectivity index (χ0) is 17.1. The molecule has 24 heavy (non-hydrogen) atoms. The largest absolute Gasteiger partial charge is 0.360 e. The summed E-state index contributed by atoms with van der Waals surface area (Å²) >= 11 is 0. The Morgan fingerprint density at radius 2 is 2.04 bits per heavy atom. The maximum atomic E-state index is 12.6. The Kier molecular flexibility index (Phi) is 4.64. The van der Waals surface area contributed by atoms with E-state index in [1.807, 2.05) is 37.3 Å². The number of aromatic nitrogens is 1. The Balaban J connectivity index is 1.56. The first-order chi connectivity index (χ1) is 11.6. The monoisotopic (exact) mass is 327 g/mol. The molecular formula is C18H21N3O3. The maximum Gasteiger partial charge on any atom is 0.229 e. The van der Waals surface area contributed by atoms with Crippen molar-refractivity contribution in [1.29, 1.82) is 0 Å². The van der Waals surface area contributed by atoms with E-state index in [0.717, 1.165) is 5.56 Å². The summed E-state index contributed by atoms with van der Waals surface area (Å²) in [5, 5.41) is 6.44.